The van der Waals surface area contributed by atoms with Crippen LogP contribution < -0.4 is 5.14 Å². The minimum absolute atomic E-state index is 0.0165. The van der Waals surface area contributed by atoms with Crippen LogP contribution in [0, 0.1) is 11.3 Å². The lowest BCUT2D eigenvalue weighted by molar-refractivity contribution is 0.0755. The standard InChI is InChI=1S/C19H29N3O3S/c1-21(2)12-16-13-22(14-19(16)10-4-3-5-11-19)18(23)15-6-8-17(9-7-15)26(20,24)25/h6-9,16H,3-5,10-14H2,1-2H3,(H2,20,24,25). The highest BCUT2D eigenvalue weighted by Crippen LogP contribution is 2.48. The van der Waals surface area contributed by atoms with Crippen LogP contribution >= 0.6 is 0 Å². The van der Waals surface area contributed by atoms with E-state index >= 15 is 0 Å². The fraction of sp³-hybridized carbons (Fsp3) is 0.632. The molecule has 1 aliphatic heterocycles. The van der Waals surface area contributed by atoms with Crippen molar-refractivity contribution < 1.29 is 13.2 Å². The number of nitrogens with two attached hydrogens (primary N) is 1. The molecule has 3 rings (SSSR count). The average molecular weight is 380 g/mol. The molecule has 1 heterocycles. The van der Waals surface area contributed by atoms with Gasteiger partial charge < -0.3 is 9.80 Å². The van der Waals surface area contributed by atoms with Crippen molar-refractivity contribution in [3.05, 3.63) is 29.8 Å². The molecule has 1 unspecified atom stereocenters. The van der Waals surface area contributed by atoms with Crippen LogP contribution in [0.25, 0.3) is 0 Å². The maximum atomic E-state index is 13.0. The third-order valence-corrected chi connectivity index (χ3v) is 6.89. The lowest BCUT2D eigenvalue weighted by Crippen LogP contribution is -2.38. The Morgan fingerprint density at radius 3 is 2.35 bits per heavy atom. The number of carbonyl (C=O) groups is 1. The molecule has 0 radical (unpaired) electrons. The number of hydrogen-bond acceptors (Lipinski definition) is 4. The van der Waals surface area contributed by atoms with Gasteiger partial charge in [-0.15, -0.1) is 0 Å². The van der Waals surface area contributed by atoms with Gasteiger partial charge in [0.05, 0.1) is 4.90 Å². The second kappa shape index (κ2) is 7.29. The summed E-state index contributed by atoms with van der Waals surface area (Å²) in [7, 11) is 0.441. The molecule has 2 aliphatic rings. The van der Waals surface area contributed by atoms with Crippen molar-refractivity contribution in [1.29, 1.82) is 0 Å². The van der Waals surface area contributed by atoms with Crippen LogP contribution in [0.5, 0.6) is 0 Å². The van der Waals surface area contributed by atoms with Crippen molar-refractivity contribution in [3.8, 4) is 0 Å². The van der Waals surface area contributed by atoms with Gasteiger partial charge in [0, 0.05) is 25.2 Å². The van der Waals surface area contributed by atoms with E-state index in [1.807, 2.05) is 4.90 Å². The molecule has 26 heavy (non-hydrogen) atoms. The van der Waals surface area contributed by atoms with E-state index in [-0.39, 0.29) is 16.2 Å². The van der Waals surface area contributed by atoms with Crippen LogP contribution in [-0.2, 0) is 10.0 Å². The van der Waals surface area contributed by atoms with Gasteiger partial charge in [-0.3, -0.25) is 4.79 Å². The second-order valence-electron chi connectivity index (χ2n) is 8.14. The van der Waals surface area contributed by atoms with E-state index in [2.05, 4.69) is 19.0 Å². The highest BCUT2D eigenvalue weighted by Gasteiger charge is 2.48. The fourth-order valence-electron chi connectivity index (χ4n) is 4.67. The zero-order chi connectivity index (χ0) is 18.9. The van der Waals surface area contributed by atoms with Gasteiger partial charge in [0.1, 0.15) is 0 Å². The summed E-state index contributed by atoms with van der Waals surface area (Å²) in [6.45, 7) is 2.57. The quantitative estimate of drug-likeness (QED) is 0.866. The molecule has 1 spiro atoms. The molecule has 6 nitrogen and oxygen atoms in total. The molecule has 144 valence electrons. The first-order valence-electron chi connectivity index (χ1n) is 9.28. The summed E-state index contributed by atoms with van der Waals surface area (Å²) in [5.41, 5.74) is 0.757. The highest BCUT2D eigenvalue weighted by molar-refractivity contribution is 7.89. The van der Waals surface area contributed by atoms with Crippen LogP contribution in [0.3, 0.4) is 0 Å². The average Bonchev–Trinajstić information content (AvgIpc) is 2.91. The Morgan fingerprint density at radius 1 is 1.19 bits per heavy atom. The van der Waals surface area contributed by atoms with Crippen LogP contribution in [0.1, 0.15) is 42.5 Å². The Balaban J connectivity index is 1.79. The van der Waals surface area contributed by atoms with Gasteiger partial charge in [-0.1, -0.05) is 19.3 Å². The van der Waals surface area contributed by atoms with E-state index in [4.69, 9.17) is 5.14 Å². The Bertz CT molecular complexity index is 753. The Kier molecular flexibility index (Phi) is 5.42. The number of nitrogens with zero attached hydrogens (tertiary/aromatic N) is 2. The van der Waals surface area contributed by atoms with E-state index in [0.717, 1.165) is 19.6 Å². The molecule has 7 heteroatoms. The summed E-state index contributed by atoms with van der Waals surface area (Å²) >= 11 is 0. The van der Waals surface area contributed by atoms with Gasteiger partial charge >= 0.3 is 0 Å². The Hall–Kier alpha value is -1.44. The maximum Gasteiger partial charge on any atom is 0.253 e. The lowest BCUT2D eigenvalue weighted by atomic mass is 9.67. The number of carbonyl (C=O) groups excluding carboxylic acids is 1. The van der Waals surface area contributed by atoms with Gasteiger partial charge in [0.15, 0.2) is 0 Å². The number of amides is 1. The summed E-state index contributed by atoms with van der Waals surface area (Å²) in [5, 5.41) is 5.14. The van der Waals surface area contributed by atoms with Gasteiger partial charge in [0.25, 0.3) is 5.91 Å². The van der Waals surface area contributed by atoms with Gasteiger partial charge in [0.2, 0.25) is 10.0 Å². The molecule has 1 aromatic rings. The first-order valence-corrected chi connectivity index (χ1v) is 10.8. The third-order valence-electron chi connectivity index (χ3n) is 5.96. The molecule has 1 saturated heterocycles. The molecular weight excluding hydrogens is 350 g/mol. The molecule has 2 fully saturated rings. The molecule has 1 saturated carbocycles. The van der Waals surface area contributed by atoms with Crippen molar-refractivity contribution in [2.45, 2.75) is 37.0 Å². The summed E-state index contributed by atoms with van der Waals surface area (Å²) in [6.07, 6.45) is 6.17. The van der Waals surface area contributed by atoms with E-state index in [1.54, 1.807) is 12.1 Å². The smallest absolute Gasteiger partial charge is 0.253 e. The summed E-state index contributed by atoms with van der Waals surface area (Å²) in [6, 6.07) is 5.95. The zero-order valence-corrected chi connectivity index (χ0v) is 16.5. The van der Waals surface area contributed by atoms with E-state index in [1.165, 1.54) is 44.2 Å². The lowest BCUT2D eigenvalue weighted by Gasteiger charge is -2.39. The van der Waals surface area contributed by atoms with Crippen molar-refractivity contribution in [3.63, 3.8) is 0 Å². The first-order chi connectivity index (χ1) is 12.2. The van der Waals surface area contributed by atoms with E-state index in [9.17, 15) is 13.2 Å². The minimum Gasteiger partial charge on any atom is -0.338 e. The number of sulfonamides is 1. The summed E-state index contributed by atoms with van der Waals surface area (Å²) < 4.78 is 22.8. The van der Waals surface area contributed by atoms with Crippen LogP contribution in [0.2, 0.25) is 0 Å². The predicted molar refractivity (Wildman–Crippen MR) is 101 cm³/mol. The van der Waals surface area contributed by atoms with Crippen molar-refractivity contribution >= 4 is 15.9 Å². The molecular formula is C19H29N3O3S. The number of hydrogen-bond donors (Lipinski definition) is 1. The maximum absolute atomic E-state index is 13.0. The van der Waals surface area contributed by atoms with Gasteiger partial charge in [-0.25, -0.2) is 13.6 Å². The highest BCUT2D eigenvalue weighted by atomic mass is 32.2. The topological polar surface area (TPSA) is 83.7 Å². The molecule has 1 aliphatic carbocycles. The molecule has 0 bridgehead atoms. The zero-order valence-electron chi connectivity index (χ0n) is 15.6. The largest absolute Gasteiger partial charge is 0.338 e. The monoisotopic (exact) mass is 379 g/mol. The number of benzene rings is 1. The normalized spacial score (nSPS) is 22.9. The fourth-order valence-corrected chi connectivity index (χ4v) is 5.19. The van der Waals surface area contributed by atoms with E-state index < -0.39 is 10.0 Å². The Morgan fingerprint density at radius 2 is 1.81 bits per heavy atom. The molecule has 1 atom stereocenters. The van der Waals surface area contributed by atoms with Crippen LogP contribution in [0.15, 0.2) is 29.2 Å². The van der Waals surface area contributed by atoms with Crippen molar-refractivity contribution in [2.75, 3.05) is 33.7 Å². The second-order valence-corrected chi connectivity index (χ2v) is 9.70. The Labute approximate surface area is 156 Å². The predicted octanol–water partition coefficient (Wildman–Crippen LogP) is 1.92. The number of primary sulfonamides is 1. The SMILES string of the molecule is CN(C)CC1CN(C(=O)c2ccc(S(N)(=O)=O)cc2)CC12CCCCC2. The van der Waals surface area contributed by atoms with Crippen molar-refractivity contribution in [2.24, 2.45) is 16.5 Å². The van der Waals surface area contributed by atoms with Crippen molar-refractivity contribution in [1.82, 2.24) is 9.80 Å². The van der Waals surface area contributed by atoms with E-state index in [0.29, 0.717) is 11.5 Å². The van der Waals surface area contributed by atoms with Gasteiger partial charge in [-0.05, 0) is 62.5 Å². The summed E-state index contributed by atoms with van der Waals surface area (Å²) in [4.78, 5) is 17.2. The molecule has 1 aromatic carbocycles. The first kappa shape index (κ1) is 19.3. The third kappa shape index (κ3) is 3.94. The molecule has 2 N–H and O–H groups in total. The number of rotatable bonds is 4. The van der Waals surface area contributed by atoms with Crippen LogP contribution in [0.4, 0.5) is 0 Å². The van der Waals surface area contributed by atoms with Gasteiger partial charge in [-0.2, -0.15) is 0 Å². The molecule has 0 aromatic heterocycles. The van der Waals surface area contributed by atoms with Crippen LogP contribution in [-0.4, -0.2) is 57.9 Å². The molecule has 1 amide bonds. The minimum atomic E-state index is -3.74. The summed E-state index contributed by atoms with van der Waals surface area (Å²) in [5.74, 6) is 0.475. The number of likely N-dealkylation sites (tertiary alicyclic amines) is 1.